The number of benzene rings is 12. The first-order valence-corrected chi connectivity index (χ1v) is 29.3. The van der Waals surface area contributed by atoms with Crippen molar-refractivity contribution >= 4 is 87.5 Å². The van der Waals surface area contributed by atoms with E-state index >= 15 is 0 Å². The molecule has 0 saturated carbocycles. The molecule has 6 heterocycles. The van der Waals surface area contributed by atoms with E-state index in [2.05, 4.69) is 185 Å². The normalized spacial score (nSPS) is 11.9. The summed E-state index contributed by atoms with van der Waals surface area (Å²) in [6.45, 7) is 0. The summed E-state index contributed by atoms with van der Waals surface area (Å²) in [5.41, 5.74) is 16.6. The molecule has 0 aliphatic heterocycles. The van der Waals surface area contributed by atoms with Gasteiger partial charge in [-0.25, -0.2) is 19.9 Å². The van der Waals surface area contributed by atoms with Crippen molar-refractivity contribution in [2.24, 2.45) is 0 Å². The van der Waals surface area contributed by atoms with Crippen molar-refractivity contribution in [3.05, 3.63) is 279 Å². The molecule has 0 unspecified atom stereocenters. The average Bonchev–Trinajstić information content (AvgIpc) is 1.62. The van der Waals surface area contributed by atoms with Gasteiger partial charge in [0.05, 0.1) is 16.6 Å². The fraction of sp³-hybridized carbons (Fsp3) is 0. The molecule has 0 atom stereocenters. The molecule has 18 rings (SSSR count). The molecule has 88 heavy (non-hydrogen) atoms. The summed E-state index contributed by atoms with van der Waals surface area (Å²) in [4.78, 5) is 31.3. The van der Waals surface area contributed by atoms with Crippen molar-refractivity contribution in [2.45, 2.75) is 0 Å². The number of para-hydroxylation sites is 3. The third-order valence-corrected chi connectivity index (χ3v) is 17.0. The van der Waals surface area contributed by atoms with Gasteiger partial charge < -0.3 is 13.4 Å². The van der Waals surface area contributed by atoms with Gasteiger partial charge in [-0.3, -0.25) is 4.57 Å². The number of rotatable bonds is 9. The molecular formula is C78H46N8O2. The summed E-state index contributed by atoms with van der Waals surface area (Å²) in [6, 6.07) is 96.5. The molecule has 18 aromatic rings. The fourth-order valence-electron chi connectivity index (χ4n) is 12.9. The zero-order valence-electron chi connectivity index (χ0n) is 47.0. The van der Waals surface area contributed by atoms with Gasteiger partial charge in [0.1, 0.15) is 16.7 Å². The molecule has 0 fully saturated rings. The van der Waals surface area contributed by atoms with Crippen LogP contribution >= 0.6 is 0 Å². The van der Waals surface area contributed by atoms with Crippen molar-refractivity contribution in [1.82, 2.24) is 39.0 Å². The van der Waals surface area contributed by atoms with E-state index in [9.17, 15) is 0 Å². The van der Waals surface area contributed by atoms with Crippen LogP contribution in [-0.4, -0.2) is 39.0 Å². The van der Waals surface area contributed by atoms with E-state index in [0.717, 1.165) is 143 Å². The Labute approximate surface area is 502 Å². The lowest BCUT2D eigenvalue weighted by atomic mass is 9.95. The molecule has 410 valence electrons. The van der Waals surface area contributed by atoms with Gasteiger partial charge in [-0.05, 0) is 107 Å². The Morgan fingerprint density at radius 2 is 0.614 bits per heavy atom. The molecule has 6 aromatic heterocycles. The lowest BCUT2D eigenvalue weighted by Crippen LogP contribution is -2.06. The van der Waals surface area contributed by atoms with Crippen molar-refractivity contribution in [3.63, 3.8) is 0 Å². The van der Waals surface area contributed by atoms with Gasteiger partial charge >= 0.3 is 0 Å². The molecule has 0 aliphatic carbocycles. The monoisotopic (exact) mass is 1130 g/mol. The number of furan rings is 2. The third kappa shape index (κ3) is 7.97. The van der Waals surface area contributed by atoms with E-state index in [-0.39, 0.29) is 0 Å². The quantitative estimate of drug-likeness (QED) is 0.140. The van der Waals surface area contributed by atoms with Crippen LogP contribution < -0.4 is 0 Å². The molecule has 0 bridgehead atoms. The maximum Gasteiger partial charge on any atom is 0.238 e. The fourth-order valence-corrected chi connectivity index (χ4v) is 12.9. The van der Waals surface area contributed by atoms with Crippen LogP contribution in [-0.2, 0) is 0 Å². The van der Waals surface area contributed by atoms with Gasteiger partial charge in [0.15, 0.2) is 40.3 Å². The van der Waals surface area contributed by atoms with Gasteiger partial charge in [-0.15, -0.1) is 0 Å². The number of hydrogen-bond acceptors (Lipinski definition) is 8. The lowest BCUT2D eigenvalue weighted by molar-refractivity contribution is 0.670. The Balaban J connectivity index is 0.830. The summed E-state index contributed by atoms with van der Waals surface area (Å²) in [7, 11) is 0. The van der Waals surface area contributed by atoms with Crippen molar-refractivity contribution in [1.29, 1.82) is 0 Å². The highest BCUT2D eigenvalue weighted by Gasteiger charge is 2.25. The first-order valence-electron chi connectivity index (χ1n) is 29.3. The number of aromatic nitrogens is 8. The molecule has 0 aliphatic rings. The second kappa shape index (κ2) is 19.7. The minimum atomic E-state index is 0.482. The van der Waals surface area contributed by atoms with E-state index in [0.29, 0.717) is 35.1 Å². The molecular weight excluding hydrogens is 1080 g/mol. The number of hydrogen-bond donors (Lipinski definition) is 0. The van der Waals surface area contributed by atoms with E-state index in [1.165, 1.54) is 0 Å². The summed E-state index contributed by atoms with van der Waals surface area (Å²) in [6.07, 6.45) is 0. The largest absolute Gasteiger partial charge is 0.454 e. The zero-order valence-corrected chi connectivity index (χ0v) is 47.0. The van der Waals surface area contributed by atoms with Gasteiger partial charge in [0.25, 0.3) is 0 Å². The first kappa shape index (κ1) is 49.3. The van der Waals surface area contributed by atoms with Crippen LogP contribution in [0.25, 0.3) is 178 Å². The number of nitrogens with zero attached hydrogens (tertiary/aromatic N) is 8. The summed E-state index contributed by atoms with van der Waals surface area (Å²) >= 11 is 0. The molecule has 0 N–H and O–H groups in total. The second-order valence-electron chi connectivity index (χ2n) is 22.2. The SMILES string of the molecule is c1ccc(-c2cc(-c3ccc4c(c3)c3ccc5c6ccccc6oc5c3n4-c3ccc(-c4nc(-c5ccccc5)nc(-c5ccccc5)n4)cc3)cc(-c3nc(-c4ccccc4)nc(-n4c5ccccc5c5ccc6c7ccccc7oc6c54)n3)c2)cc1. The van der Waals surface area contributed by atoms with Gasteiger partial charge in [0, 0.05) is 76.6 Å². The molecule has 0 radical (unpaired) electrons. The Bertz CT molecular complexity index is 5740. The van der Waals surface area contributed by atoms with Crippen LogP contribution in [0.5, 0.6) is 0 Å². The second-order valence-corrected chi connectivity index (χ2v) is 22.2. The molecule has 12 aromatic carbocycles. The summed E-state index contributed by atoms with van der Waals surface area (Å²) < 4.78 is 18.2. The Hall–Kier alpha value is -12.1. The molecule has 0 amide bonds. The summed E-state index contributed by atoms with van der Waals surface area (Å²) in [5, 5.41) is 8.43. The van der Waals surface area contributed by atoms with Gasteiger partial charge in [-0.2, -0.15) is 9.97 Å². The molecule has 0 saturated heterocycles. The smallest absolute Gasteiger partial charge is 0.238 e. The highest BCUT2D eigenvalue weighted by molar-refractivity contribution is 6.23. The van der Waals surface area contributed by atoms with Crippen LogP contribution in [0, 0.1) is 0 Å². The summed E-state index contributed by atoms with van der Waals surface area (Å²) in [5.74, 6) is 3.37. The maximum absolute atomic E-state index is 6.89. The van der Waals surface area contributed by atoms with E-state index in [1.807, 2.05) is 103 Å². The van der Waals surface area contributed by atoms with Crippen LogP contribution in [0.3, 0.4) is 0 Å². The number of fused-ring (bicyclic) bond motifs is 14. The lowest BCUT2D eigenvalue weighted by Gasteiger charge is -2.14. The Kier molecular flexibility index (Phi) is 11.1. The minimum absolute atomic E-state index is 0.482. The molecule has 10 nitrogen and oxygen atoms in total. The van der Waals surface area contributed by atoms with Crippen molar-refractivity contribution in [2.75, 3.05) is 0 Å². The van der Waals surface area contributed by atoms with Gasteiger partial charge in [-0.1, -0.05) is 194 Å². The predicted molar refractivity (Wildman–Crippen MR) is 354 cm³/mol. The first-order chi connectivity index (χ1) is 43.6. The van der Waals surface area contributed by atoms with Crippen molar-refractivity contribution in [3.8, 4) is 90.8 Å². The van der Waals surface area contributed by atoms with Gasteiger partial charge in [0.2, 0.25) is 5.95 Å². The van der Waals surface area contributed by atoms with Crippen LogP contribution in [0.2, 0.25) is 0 Å². The van der Waals surface area contributed by atoms with Crippen molar-refractivity contribution < 1.29 is 8.83 Å². The van der Waals surface area contributed by atoms with Crippen LogP contribution in [0.1, 0.15) is 0 Å². The molecule has 10 heteroatoms. The molecule has 0 spiro atoms. The van der Waals surface area contributed by atoms with Crippen LogP contribution in [0.4, 0.5) is 0 Å². The van der Waals surface area contributed by atoms with E-state index in [4.69, 9.17) is 38.7 Å². The maximum atomic E-state index is 6.89. The van der Waals surface area contributed by atoms with E-state index < -0.39 is 0 Å². The zero-order chi connectivity index (χ0) is 57.8. The predicted octanol–water partition coefficient (Wildman–Crippen LogP) is 19.7. The van der Waals surface area contributed by atoms with Crippen LogP contribution in [0.15, 0.2) is 288 Å². The Morgan fingerprint density at radius 1 is 0.227 bits per heavy atom. The Morgan fingerprint density at radius 3 is 1.17 bits per heavy atom. The standard InChI is InChI=1S/C78H46N8O2/c1-5-19-47(20-6-1)53-43-54(45-55(44-53)77-82-76(50-25-11-4-12-26-50)83-78(84-77)86-65-30-16-13-27-57(65)60-38-40-63-59-29-15-18-32-68(59)88-72(63)70(60)86)52-35-42-66-64(46-52)61-39-41-62-58-28-14-17-31-67(58)87-71(62)69(61)85(66)56-36-33-51(34-37-56)75-80-73(48-21-7-2-8-22-48)79-74(81-75)49-23-9-3-10-24-49/h1-46H. The highest BCUT2D eigenvalue weighted by Crippen LogP contribution is 2.44. The highest BCUT2D eigenvalue weighted by atomic mass is 16.3. The topological polar surface area (TPSA) is 113 Å². The minimum Gasteiger partial charge on any atom is -0.454 e. The average molecular weight is 1130 g/mol. The third-order valence-electron chi connectivity index (χ3n) is 17.0. The van der Waals surface area contributed by atoms with E-state index in [1.54, 1.807) is 0 Å².